The molecule has 0 unspecified atom stereocenters. The van der Waals surface area contributed by atoms with Gasteiger partial charge in [-0.3, -0.25) is 0 Å². The molecule has 1 heteroatoms. The van der Waals surface area contributed by atoms with Gasteiger partial charge in [0.1, 0.15) is 7.05 Å². The quantitative estimate of drug-likeness (QED) is 0.281. The Kier molecular flexibility index (Phi) is 4.83. The van der Waals surface area contributed by atoms with Gasteiger partial charge in [-0.05, 0) is 86.0 Å². The summed E-state index contributed by atoms with van der Waals surface area (Å²) in [5.41, 5.74) is 11.1. The van der Waals surface area contributed by atoms with Gasteiger partial charge in [0.05, 0.1) is 0 Å². The van der Waals surface area contributed by atoms with Crippen LogP contribution in [0.4, 0.5) is 0 Å². The minimum atomic E-state index is 0.0169. The Bertz CT molecular complexity index is 1400. The molecular formula is C32H36N+. The molecule has 1 nitrogen and oxygen atoms in total. The van der Waals surface area contributed by atoms with E-state index in [0.717, 1.165) is 0 Å². The highest BCUT2D eigenvalue weighted by Gasteiger charge is 2.46. The van der Waals surface area contributed by atoms with Crippen molar-refractivity contribution in [2.45, 2.75) is 65.2 Å². The van der Waals surface area contributed by atoms with Crippen LogP contribution in [0.3, 0.4) is 0 Å². The van der Waals surface area contributed by atoms with Crippen molar-refractivity contribution in [3.05, 3.63) is 89.1 Å². The lowest BCUT2D eigenvalue weighted by Gasteiger charge is -2.48. The van der Waals surface area contributed by atoms with Gasteiger partial charge in [-0.25, -0.2) is 4.57 Å². The van der Waals surface area contributed by atoms with E-state index in [2.05, 4.69) is 127 Å². The molecule has 0 bridgehead atoms. The number of benzene rings is 3. The van der Waals surface area contributed by atoms with E-state index in [-0.39, 0.29) is 10.8 Å². The first-order chi connectivity index (χ1) is 15.5. The van der Waals surface area contributed by atoms with Crippen LogP contribution in [-0.4, -0.2) is 0 Å². The van der Waals surface area contributed by atoms with Crippen LogP contribution in [0.25, 0.3) is 33.2 Å². The molecule has 0 aliphatic heterocycles. The summed E-state index contributed by atoms with van der Waals surface area (Å²) in [6.45, 7) is 16.5. The Balaban J connectivity index is 1.85. The van der Waals surface area contributed by atoms with Gasteiger partial charge in [-0.1, -0.05) is 71.9 Å². The Hall–Kier alpha value is -2.93. The lowest BCUT2D eigenvalue weighted by molar-refractivity contribution is -0.660. The third kappa shape index (κ3) is 3.16. The van der Waals surface area contributed by atoms with Crippen molar-refractivity contribution >= 4 is 10.8 Å². The molecule has 5 rings (SSSR count). The second kappa shape index (κ2) is 7.29. The molecular weight excluding hydrogens is 398 g/mol. The van der Waals surface area contributed by atoms with E-state index in [1.807, 2.05) is 0 Å². The number of nitrogens with zero attached hydrogens (tertiary/aromatic N) is 1. The van der Waals surface area contributed by atoms with Crippen LogP contribution >= 0.6 is 0 Å². The molecule has 0 saturated heterocycles. The Labute approximate surface area is 199 Å². The van der Waals surface area contributed by atoms with E-state index in [4.69, 9.17) is 0 Å². The van der Waals surface area contributed by atoms with Crippen LogP contribution in [0, 0.1) is 6.92 Å². The molecule has 1 aliphatic carbocycles. The van der Waals surface area contributed by atoms with Crippen molar-refractivity contribution < 1.29 is 4.57 Å². The van der Waals surface area contributed by atoms with E-state index in [1.54, 1.807) is 0 Å². The minimum absolute atomic E-state index is 0.0169. The first kappa shape index (κ1) is 21.9. The molecule has 168 valence electrons. The van der Waals surface area contributed by atoms with E-state index in [1.165, 1.54) is 55.4 Å². The van der Waals surface area contributed by atoms with E-state index >= 15 is 0 Å². The van der Waals surface area contributed by atoms with E-state index in [9.17, 15) is 0 Å². The predicted molar refractivity (Wildman–Crippen MR) is 141 cm³/mol. The maximum absolute atomic E-state index is 2.47. The maximum Gasteiger partial charge on any atom is 0.212 e. The van der Waals surface area contributed by atoms with Crippen molar-refractivity contribution in [2.75, 3.05) is 0 Å². The number of aromatic nitrogens is 1. The average Bonchev–Trinajstić information content (AvgIpc) is 2.77. The molecule has 0 amide bonds. The van der Waals surface area contributed by atoms with E-state index in [0.29, 0.717) is 5.92 Å². The maximum atomic E-state index is 2.47. The summed E-state index contributed by atoms with van der Waals surface area (Å²) < 4.78 is 2.26. The Morgan fingerprint density at radius 1 is 0.697 bits per heavy atom. The molecule has 0 atom stereocenters. The average molecular weight is 435 g/mol. The number of pyridine rings is 1. The lowest BCUT2D eigenvalue weighted by atomic mass is 9.55. The zero-order chi connectivity index (χ0) is 23.7. The Morgan fingerprint density at radius 3 is 1.91 bits per heavy atom. The molecule has 0 fully saturated rings. The van der Waals surface area contributed by atoms with Gasteiger partial charge in [0, 0.05) is 17.7 Å². The van der Waals surface area contributed by atoms with Crippen molar-refractivity contribution in [1.82, 2.24) is 0 Å². The van der Waals surface area contributed by atoms with Crippen LogP contribution in [-0.2, 0) is 17.9 Å². The lowest BCUT2D eigenvalue weighted by Crippen LogP contribution is -2.43. The van der Waals surface area contributed by atoms with Crippen LogP contribution in [0.2, 0.25) is 0 Å². The molecule has 0 spiro atoms. The number of rotatable bonds is 2. The highest BCUT2D eigenvalue weighted by atomic mass is 14.9. The van der Waals surface area contributed by atoms with Crippen LogP contribution < -0.4 is 4.57 Å². The van der Waals surface area contributed by atoms with Crippen LogP contribution in [0.5, 0.6) is 0 Å². The summed E-state index contributed by atoms with van der Waals surface area (Å²) in [4.78, 5) is 0. The van der Waals surface area contributed by atoms with Gasteiger partial charge in [-0.2, -0.15) is 0 Å². The highest BCUT2D eigenvalue weighted by molar-refractivity contribution is 5.93. The van der Waals surface area contributed by atoms with Gasteiger partial charge in [0.25, 0.3) is 0 Å². The molecule has 1 aliphatic rings. The summed E-state index contributed by atoms with van der Waals surface area (Å²) in [6.07, 6.45) is 2.21. The van der Waals surface area contributed by atoms with Gasteiger partial charge < -0.3 is 0 Å². The molecule has 0 radical (unpaired) electrons. The van der Waals surface area contributed by atoms with Gasteiger partial charge in [-0.15, -0.1) is 0 Å². The van der Waals surface area contributed by atoms with Gasteiger partial charge >= 0.3 is 0 Å². The molecule has 1 heterocycles. The summed E-state index contributed by atoms with van der Waals surface area (Å²) in [5.74, 6) is 0.509. The fourth-order valence-corrected chi connectivity index (χ4v) is 5.59. The number of hydrogen-bond acceptors (Lipinski definition) is 0. The Morgan fingerprint density at radius 2 is 1.27 bits per heavy atom. The summed E-state index contributed by atoms with van der Waals surface area (Å²) >= 11 is 0. The minimum Gasteiger partial charge on any atom is -0.201 e. The number of fused-ring (bicyclic) bond motifs is 4. The first-order valence-electron chi connectivity index (χ1n) is 12.2. The van der Waals surface area contributed by atoms with Crippen molar-refractivity contribution in [3.63, 3.8) is 0 Å². The zero-order valence-corrected chi connectivity index (χ0v) is 21.4. The molecule has 1 aromatic heterocycles. The third-order valence-electron chi connectivity index (χ3n) is 8.57. The van der Waals surface area contributed by atoms with Crippen molar-refractivity contribution in [1.29, 1.82) is 0 Å². The third-order valence-corrected chi connectivity index (χ3v) is 8.57. The van der Waals surface area contributed by atoms with E-state index < -0.39 is 0 Å². The molecule has 3 aromatic carbocycles. The fourth-order valence-electron chi connectivity index (χ4n) is 5.59. The van der Waals surface area contributed by atoms with Crippen LogP contribution in [0.15, 0.2) is 66.9 Å². The molecule has 4 aromatic rings. The summed E-state index contributed by atoms with van der Waals surface area (Å²) in [5, 5.41) is 2.64. The zero-order valence-electron chi connectivity index (χ0n) is 21.4. The largest absolute Gasteiger partial charge is 0.212 e. The van der Waals surface area contributed by atoms with Gasteiger partial charge in [0.15, 0.2) is 6.20 Å². The predicted octanol–water partition coefficient (Wildman–Crippen LogP) is 8.00. The van der Waals surface area contributed by atoms with Gasteiger partial charge in [0.2, 0.25) is 5.69 Å². The highest BCUT2D eigenvalue weighted by Crippen LogP contribution is 2.55. The van der Waals surface area contributed by atoms with Crippen molar-refractivity contribution in [2.24, 2.45) is 7.05 Å². The number of aryl methyl sites for hydroxylation is 2. The van der Waals surface area contributed by atoms with Crippen LogP contribution in [0.1, 0.15) is 69.7 Å². The number of hydrogen-bond donors (Lipinski definition) is 0. The first-order valence-corrected chi connectivity index (χ1v) is 12.2. The monoisotopic (exact) mass is 434 g/mol. The normalized spacial score (nSPS) is 16.0. The van der Waals surface area contributed by atoms with Crippen molar-refractivity contribution in [3.8, 4) is 22.4 Å². The second-order valence-electron chi connectivity index (χ2n) is 11.3. The fraction of sp³-hybridized carbons (Fsp3) is 0.344. The smallest absolute Gasteiger partial charge is 0.201 e. The SMILES string of the molecule is Cc1cc2c(cc1-c1cc(C(C)C)cc[n+]1C)-c1cc3ccccc3cc1C(C)(C)C2(C)C. The molecule has 0 saturated carbocycles. The summed E-state index contributed by atoms with van der Waals surface area (Å²) in [6, 6.07) is 23.2. The summed E-state index contributed by atoms with van der Waals surface area (Å²) in [7, 11) is 2.16. The second-order valence-corrected chi connectivity index (χ2v) is 11.3. The standard InChI is InChI=1S/C32H36N/c1-20(2)22-13-14-33(8)30(18-22)25-19-27-26-16-23-11-9-10-12-24(23)17-29(26)32(6,7)31(4,5)28(27)15-21(25)3/h9-20H,1-8H3/q+1. The molecule has 33 heavy (non-hydrogen) atoms. The molecule has 0 N–H and O–H groups in total. The topological polar surface area (TPSA) is 3.88 Å².